The van der Waals surface area contributed by atoms with Crippen LogP contribution in [0.2, 0.25) is 0 Å². The van der Waals surface area contributed by atoms with Crippen molar-refractivity contribution in [1.82, 2.24) is 4.98 Å². The van der Waals surface area contributed by atoms with Crippen LogP contribution >= 0.6 is 0 Å². The molecule has 1 aliphatic carbocycles. The summed E-state index contributed by atoms with van der Waals surface area (Å²) in [5, 5.41) is 16.8. The fourth-order valence-electron chi connectivity index (χ4n) is 2.30. The molecular weight excluding hydrogens is 232 g/mol. The molecule has 0 unspecified atom stereocenters. The first kappa shape index (κ1) is 12.6. The maximum absolute atomic E-state index is 10.8. The van der Waals surface area contributed by atoms with E-state index >= 15 is 0 Å². The fraction of sp³-hybridized carbons (Fsp3) is 0.583. The van der Waals surface area contributed by atoms with Gasteiger partial charge in [0.05, 0.1) is 17.1 Å². The van der Waals surface area contributed by atoms with Crippen molar-refractivity contribution < 1.29 is 4.92 Å². The van der Waals surface area contributed by atoms with Gasteiger partial charge >= 0.3 is 0 Å². The smallest absolute Gasteiger partial charge is 0.276 e. The Morgan fingerprint density at radius 3 is 2.67 bits per heavy atom. The number of nitrogens with zero attached hydrogens (tertiary/aromatic N) is 2. The zero-order valence-electron chi connectivity index (χ0n) is 10.5. The van der Waals surface area contributed by atoms with E-state index in [1.54, 1.807) is 7.05 Å². The van der Waals surface area contributed by atoms with Crippen LogP contribution in [0.3, 0.4) is 0 Å². The van der Waals surface area contributed by atoms with Crippen molar-refractivity contribution in [1.29, 1.82) is 0 Å². The van der Waals surface area contributed by atoms with Crippen LogP contribution in [0.25, 0.3) is 0 Å². The largest absolute Gasteiger partial charge is 0.373 e. The van der Waals surface area contributed by atoms with Gasteiger partial charge in [-0.25, -0.2) is 4.98 Å². The molecule has 1 heterocycles. The molecule has 6 nitrogen and oxygen atoms in total. The van der Waals surface area contributed by atoms with E-state index in [4.69, 9.17) is 0 Å². The van der Waals surface area contributed by atoms with E-state index in [0.717, 1.165) is 6.54 Å². The summed E-state index contributed by atoms with van der Waals surface area (Å²) in [6, 6.07) is 2.91. The molecule has 2 N–H and O–H groups in total. The maximum atomic E-state index is 10.8. The predicted octanol–water partition coefficient (Wildman–Crippen LogP) is 2.63. The Labute approximate surface area is 106 Å². The Bertz CT molecular complexity index is 430. The van der Waals surface area contributed by atoms with E-state index in [1.807, 2.05) is 0 Å². The molecule has 1 saturated carbocycles. The lowest BCUT2D eigenvalue weighted by Crippen LogP contribution is -2.12. The molecule has 0 atom stereocenters. The highest BCUT2D eigenvalue weighted by Gasteiger charge is 2.16. The van der Waals surface area contributed by atoms with Gasteiger partial charge in [0.15, 0.2) is 0 Å². The van der Waals surface area contributed by atoms with Crippen LogP contribution in [0.5, 0.6) is 0 Å². The van der Waals surface area contributed by atoms with Crippen molar-refractivity contribution in [2.24, 2.45) is 5.92 Å². The van der Waals surface area contributed by atoms with Gasteiger partial charge in [0.25, 0.3) is 5.69 Å². The van der Waals surface area contributed by atoms with E-state index in [0.29, 0.717) is 17.6 Å². The monoisotopic (exact) mass is 250 g/mol. The van der Waals surface area contributed by atoms with Crippen molar-refractivity contribution in [3.8, 4) is 0 Å². The lowest BCUT2D eigenvalue weighted by Gasteiger charge is -2.11. The minimum Gasteiger partial charge on any atom is -0.373 e. The molecule has 0 aromatic carbocycles. The zero-order chi connectivity index (χ0) is 13.0. The Morgan fingerprint density at radius 2 is 2.06 bits per heavy atom. The minimum absolute atomic E-state index is 0.0586. The summed E-state index contributed by atoms with van der Waals surface area (Å²) < 4.78 is 0. The van der Waals surface area contributed by atoms with Crippen molar-refractivity contribution in [3.05, 3.63) is 22.2 Å². The molecule has 0 aliphatic heterocycles. The third-order valence-corrected chi connectivity index (χ3v) is 3.32. The molecule has 6 heteroatoms. The van der Waals surface area contributed by atoms with Crippen LogP contribution in [0.1, 0.15) is 25.7 Å². The lowest BCUT2D eigenvalue weighted by atomic mass is 10.1. The van der Waals surface area contributed by atoms with Crippen LogP contribution < -0.4 is 10.6 Å². The van der Waals surface area contributed by atoms with Gasteiger partial charge in [-0.2, -0.15) is 0 Å². The number of pyridine rings is 1. The number of nitrogens with one attached hydrogen (secondary N) is 2. The molecule has 1 aromatic rings. The summed E-state index contributed by atoms with van der Waals surface area (Å²) in [5.74, 6) is 1.75. The highest BCUT2D eigenvalue weighted by atomic mass is 16.6. The van der Waals surface area contributed by atoms with Crippen LogP contribution in [-0.4, -0.2) is 23.5 Å². The van der Waals surface area contributed by atoms with E-state index in [2.05, 4.69) is 15.6 Å². The third-order valence-electron chi connectivity index (χ3n) is 3.32. The average molecular weight is 250 g/mol. The summed E-state index contributed by atoms with van der Waals surface area (Å²) >= 11 is 0. The standard InChI is InChI=1S/C12H18N4O2/c1-13-11-6-10(16(17)18)7-12(15-11)14-8-9-4-2-3-5-9/h6-7,9H,2-5,8H2,1H3,(H2,13,14,15). The van der Waals surface area contributed by atoms with Crippen molar-refractivity contribution >= 4 is 17.3 Å². The van der Waals surface area contributed by atoms with E-state index < -0.39 is 4.92 Å². The van der Waals surface area contributed by atoms with Gasteiger partial charge in [0.2, 0.25) is 0 Å². The molecule has 1 aliphatic rings. The van der Waals surface area contributed by atoms with Gasteiger partial charge in [0, 0.05) is 13.6 Å². The summed E-state index contributed by atoms with van der Waals surface area (Å²) in [6.45, 7) is 0.845. The molecule has 0 radical (unpaired) electrons. The maximum Gasteiger partial charge on any atom is 0.276 e. The van der Waals surface area contributed by atoms with Crippen molar-refractivity contribution in [3.63, 3.8) is 0 Å². The molecule has 2 rings (SSSR count). The molecule has 0 bridgehead atoms. The van der Waals surface area contributed by atoms with Crippen LogP contribution in [0, 0.1) is 16.0 Å². The Hall–Kier alpha value is -1.85. The third kappa shape index (κ3) is 3.09. The average Bonchev–Trinajstić information content (AvgIpc) is 2.89. The summed E-state index contributed by atoms with van der Waals surface area (Å²) in [5.41, 5.74) is 0.0586. The van der Waals surface area contributed by atoms with Gasteiger partial charge in [-0.3, -0.25) is 10.1 Å². The molecule has 1 fully saturated rings. The molecule has 0 amide bonds. The quantitative estimate of drug-likeness (QED) is 0.620. The number of rotatable bonds is 5. The summed E-state index contributed by atoms with van der Waals surface area (Å²) in [6.07, 6.45) is 5.05. The summed E-state index contributed by atoms with van der Waals surface area (Å²) in [7, 11) is 1.70. The zero-order valence-corrected chi connectivity index (χ0v) is 10.5. The highest BCUT2D eigenvalue weighted by Crippen LogP contribution is 2.26. The van der Waals surface area contributed by atoms with Crippen molar-refractivity contribution in [2.45, 2.75) is 25.7 Å². The predicted molar refractivity (Wildman–Crippen MR) is 70.9 cm³/mol. The SMILES string of the molecule is CNc1cc([N+](=O)[O-])cc(NCC2CCCC2)n1. The van der Waals surface area contributed by atoms with E-state index in [-0.39, 0.29) is 5.69 Å². The number of anilines is 2. The molecule has 18 heavy (non-hydrogen) atoms. The van der Waals surface area contributed by atoms with Gasteiger partial charge in [-0.15, -0.1) is 0 Å². The van der Waals surface area contributed by atoms with Crippen LogP contribution in [0.4, 0.5) is 17.3 Å². The lowest BCUT2D eigenvalue weighted by molar-refractivity contribution is -0.384. The van der Waals surface area contributed by atoms with Crippen LogP contribution in [0.15, 0.2) is 12.1 Å². The van der Waals surface area contributed by atoms with Crippen LogP contribution in [-0.2, 0) is 0 Å². The molecule has 0 saturated heterocycles. The van der Waals surface area contributed by atoms with Gasteiger partial charge < -0.3 is 10.6 Å². The molecule has 98 valence electrons. The second-order valence-corrected chi connectivity index (χ2v) is 4.63. The minimum atomic E-state index is -0.400. The summed E-state index contributed by atoms with van der Waals surface area (Å²) in [4.78, 5) is 14.7. The molecule has 1 aromatic heterocycles. The van der Waals surface area contributed by atoms with Crippen molar-refractivity contribution in [2.75, 3.05) is 24.2 Å². The first-order chi connectivity index (χ1) is 8.69. The number of hydrogen-bond donors (Lipinski definition) is 2. The Morgan fingerprint density at radius 1 is 1.39 bits per heavy atom. The van der Waals surface area contributed by atoms with Gasteiger partial charge in [0.1, 0.15) is 11.6 Å². The van der Waals surface area contributed by atoms with E-state index in [1.165, 1.54) is 37.8 Å². The Kier molecular flexibility index (Phi) is 3.96. The molecule has 0 spiro atoms. The second-order valence-electron chi connectivity index (χ2n) is 4.63. The number of aromatic nitrogens is 1. The number of hydrogen-bond acceptors (Lipinski definition) is 5. The van der Waals surface area contributed by atoms with E-state index in [9.17, 15) is 10.1 Å². The first-order valence-corrected chi connectivity index (χ1v) is 6.27. The Balaban J connectivity index is 2.05. The highest BCUT2D eigenvalue weighted by molar-refractivity contribution is 5.54. The topological polar surface area (TPSA) is 80.1 Å². The number of nitro groups is 1. The first-order valence-electron chi connectivity index (χ1n) is 6.27. The second kappa shape index (κ2) is 5.66. The molecular formula is C12H18N4O2. The normalized spacial score (nSPS) is 15.6. The fourth-order valence-corrected chi connectivity index (χ4v) is 2.30. The van der Waals surface area contributed by atoms with Gasteiger partial charge in [-0.1, -0.05) is 12.8 Å². The van der Waals surface area contributed by atoms with Gasteiger partial charge in [-0.05, 0) is 18.8 Å².